The number of halogens is 2. The number of benzene rings is 1. The summed E-state index contributed by atoms with van der Waals surface area (Å²) in [7, 11) is 0. The van der Waals surface area contributed by atoms with Crippen molar-refractivity contribution in [3.63, 3.8) is 0 Å². The lowest BCUT2D eigenvalue weighted by atomic mass is 9.97. The van der Waals surface area contributed by atoms with E-state index in [2.05, 4.69) is 20.6 Å². The Morgan fingerprint density at radius 2 is 1.78 bits per heavy atom. The summed E-state index contributed by atoms with van der Waals surface area (Å²) in [4.78, 5) is 16.8. The van der Waals surface area contributed by atoms with Crippen LogP contribution in [0.1, 0.15) is 35.3 Å². The fourth-order valence-corrected chi connectivity index (χ4v) is 4.63. The molecule has 2 heterocycles. The van der Waals surface area contributed by atoms with Gasteiger partial charge in [-0.2, -0.15) is 0 Å². The Bertz CT molecular complexity index is 825. The summed E-state index contributed by atoms with van der Waals surface area (Å²) >= 11 is 12.5. The lowest BCUT2D eigenvalue weighted by molar-refractivity contribution is 0.0971. The molecule has 0 atom stereocenters. The summed E-state index contributed by atoms with van der Waals surface area (Å²) in [6.07, 6.45) is 5.93. The number of fused-ring (bicyclic) bond motifs is 1. The quantitative estimate of drug-likeness (QED) is 0.731. The maximum atomic E-state index is 12.0. The number of piperazine rings is 1. The van der Waals surface area contributed by atoms with E-state index in [1.807, 2.05) is 24.3 Å². The third kappa shape index (κ3) is 4.03. The topological polar surface area (TPSA) is 28.5 Å². The van der Waals surface area contributed by atoms with Crippen molar-refractivity contribution in [2.75, 3.05) is 37.6 Å². The van der Waals surface area contributed by atoms with Gasteiger partial charge in [0.05, 0.1) is 15.7 Å². The number of aromatic nitrogens is 1. The zero-order valence-electron chi connectivity index (χ0n) is 15.5. The van der Waals surface area contributed by atoms with Crippen LogP contribution in [0.3, 0.4) is 0 Å². The fourth-order valence-electron chi connectivity index (χ4n) is 4.21. The molecule has 0 unspecified atom stereocenters. The standard InChI is InChI=1S/C21H25Cl2N3O/c22-17-4-1-6-19(21(17)23)26-14-12-24(13-15-26)9-3-10-25-11-8-16-18(25)5-2-7-20(16)27/h1,4,6,8,11H,2-3,5,7,9-10,12-15H2. The molecule has 27 heavy (non-hydrogen) atoms. The molecule has 1 aliphatic heterocycles. The van der Waals surface area contributed by atoms with Crippen molar-refractivity contribution < 1.29 is 4.79 Å². The van der Waals surface area contributed by atoms with E-state index in [1.165, 1.54) is 5.69 Å². The van der Waals surface area contributed by atoms with E-state index in [9.17, 15) is 4.79 Å². The molecule has 4 nitrogen and oxygen atoms in total. The molecular formula is C21H25Cl2N3O. The Labute approximate surface area is 170 Å². The van der Waals surface area contributed by atoms with Gasteiger partial charge in [-0.3, -0.25) is 9.69 Å². The van der Waals surface area contributed by atoms with Crippen LogP contribution in [0.15, 0.2) is 30.5 Å². The van der Waals surface area contributed by atoms with Crippen molar-refractivity contribution in [2.24, 2.45) is 0 Å². The van der Waals surface area contributed by atoms with Gasteiger partial charge in [-0.25, -0.2) is 0 Å². The third-order valence-electron chi connectivity index (χ3n) is 5.71. The van der Waals surface area contributed by atoms with Crippen molar-refractivity contribution >= 4 is 34.7 Å². The van der Waals surface area contributed by atoms with E-state index in [4.69, 9.17) is 23.2 Å². The molecule has 2 aliphatic rings. The average Bonchev–Trinajstić information content (AvgIpc) is 3.09. The van der Waals surface area contributed by atoms with Gasteiger partial charge in [-0.05, 0) is 44.0 Å². The lowest BCUT2D eigenvalue weighted by Gasteiger charge is -2.36. The predicted octanol–water partition coefficient (Wildman–Crippen LogP) is 4.53. The Morgan fingerprint density at radius 3 is 2.59 bits per heavy atom. The van der Waals surface area contributed by atoms with E-state index < -0.39 is 0 Å². The second-order valence-electron chi connectivity index (χ2n) is 7.40. The minimum Gasteiger partial charge on any atom is -0.368 e. The van der Waals surface area contributed by atoms with Crippen molar-refractivity contribution in [1.82, 2.24) is 9.47 Å². The number of hydrogen-bond acceptors (Lipinski definition) is 3. The average molecular weight is 406 g/mol. The second kappa shape index (κ2) is 8.26. The first-order chi connectivity index (χ1) is 13.1. The number of anilines is 1. The molecule has 0 amide bonds. The van der Waals surface area contributed by atoms with Crippen LogP contribution < -0.4 is 4.90 Å². The number of rotatable bonds is 5. The molecule has 6 heteroatoms. The van der Waals surface area contributed by atoms with Crippen LogP contribution in [0.4, 0.5) is 5.69 Å². The van der Waals surface area contributed by atoms with Crippen LogP contribution in [0.2, 0.25) is 10.0 Å². The first kappa shape index (κ1) is 18.9. The number of carbonyl (C=O) groups is 1. The van der Waals surface area contributed by atoms with Crippen LogP contribution in [0.5, 0.6) is 0 Å². The number of nitrogens with zero attached hydrogens (tertiary/aromatic N) is 3. The highest BCUT2D eigenvalue weighted by atomic mass is 35.5. The van der Waals surface area contributed by atoms with Gasteiger partial charge < -0.3 is 9.47 Å². The van der Waals surface area contributed by atoms with Crippen molar-refractivity contribution in [1.29, 1.82) is 0 Å². The molecule has 1 aromatic carbocycles. The van der Waals surface area contributed by atoms with Gasteiger partial charge in [0, 0.05) is 56.6 Å². The third-order valence-corrected chi connectivity index (χ3v) is 6.52. The Morgan fingerprint density at radius 1 is 0.963 bits per heavy atom. The van der Waals surface area contributed by atoms with Crippen LogP contribution in [-0.2, 0) is 13.0 Å². The highest BCUT2D eigenvalue weighted by Gasteiger charge is 2.21. The summed E-state index contributed by atoms with van der Waals surface area (Å²) in [5, 5.41) is 1.27. The number of hydrogen-bond donors (Lipinski definition) is 0. The second-order valence-corrected chi connectivity index (χ2v) is 8.19. The molecule has 1 aliphatic carbocycles. The summed E-state index contributed by atoms with van der Waals surface area (Å²) in [6.45, 7) is 6.07. The molecule has 144 valence electrons. The van der Waals surface area contributed by atoms with E-state index in [-0.39, 0.29) is 0 Å². The van der Waals surface area contributed by atoms with Gasteiger partial charge in [0.1, 0.15) is 0 Å². The first-order valence-electron chi connectivity index (χ1n) is 9.76. The minimum atomic E-state index is 0.311. The smallest absolute Gasteiger partial charge is 0.164 e. The number of ketones is 1. The highest BCUT2D eigenvalue weighted by Crippen LogP contribution is 2.32. The molecule has 0 radical (unpaired) electrons. The fraction of sp³-hybridized carbons (Fsp3) is 0.476. The maximum Gasteiger partial charge on any atom is 0.164 e. The Balaban J connectivity index is 1.27. The van der Waals surface area contributed by atoms with E-state index >= 15 is 0 Å². The largest absolute Gasteiger partial charge is 0.368 e. The SMILES string of the molecule is O=C1CCCc2c1ccn2CCCN1CCN(c2cccc(Cl)c2Cl)CC1. The number of aryl methyl sites for hydroxylation is 1. The number of Topliss-reactive ketones (excluding diaryl/α,β-unsaturated/α-hetero) is 1. The molecular weight excluding hydrogens is 381 g/mol. The Hall–Kier alpha value is -1.49. The van der Waals surface area contributed by atoms with E-state index in [0.29, 0.717) is 22.2 Å². The van der Waals surface area contributed by atoms with Crippen LogP contribution in [0, 0.1) is 0 Å². The molecule has 2 aromatic rings. The molecule has 0 saturated carbocycles. The van der Waals surface area contributed by atoms with E-state index in [0.717, 1.165) is 69.8 Å². The van der Waals surface area contributed by atoms with Gasteiger partial charge in [-0.1, -0.05) is 29.3 Å². The van der Waals surface area contributed by atoms with Crippen LogP contribution in [-0.4, -0.2) is 48.0 Å². The molecule has 1 aromatic heterocycles. The zero-order valence-corrected chi connectivity index (χ0v) is 17.0. The number of carbonyl (C=O) groups excluding carboxylic acids is 1. The molecule has 0 bridgehead atoms. The molecule has 1 fully saturated rings. The van der Waals surface area contributed by atoms with E-state index in [1.54, 1.807) is 0 Å². The lowest BCUT2D eigenvalue weighted by Crippen LogP contribution is -2.46. The zero-order chi connectivity index (χ0) is 18.8. The Kier molecular flexibility index (Phi) is 5.76. The summed E-state index contributed by atoms with van der Waals surface area (Å²) in [6, 6.07) is 7.83. The summed E-state index contributed by atoms with van der Waals surface area (Å²) in [5.41, 5.74) is 3.23. The van der Waals surface area contributed by atoms with Crippen molar-refractivity contribution in [2.45, 2.75) is 32.2 Å². The van der Waals surface area contributed by atoms with Gasteiger partial charge in [0.2, 0.25) is 0 Å². The monoisotopic (exact) mass is 405 g/mol. The van der Waals surface area contributed by atoms with Gasteiger partial charge >= 0.3 is 0 Å². The van der Waals surface area contributed by atoms with Crippen molar-refractivity contribution in [3.8, 4) is 0 Å². The maximum absolute atomic E-state index is 12.0. The van der Waals surface area contributed by atoms with Crippen LogP contribution in [0.25, 0.3) is 0 Å². The highest BCUT2D eigenvalue weighted by molar-refractivity contribution is 6.43. The van der Waals surface area contributed by atoms with Crippen molar-refractivity contribution in [3.05, 3.63) is 51.8 Å². The van der Waals surface area contributed by atoms with Gasteiger partial charge in [-0.15, -0.1) is 0 Å². The predicted molar refractivity (Wildman–Crippen MR) is 111 cm³/mol. The molecule has 1 saturated heterocycles. The van der Waals surface area contributed by atoms with Crippen LogP contribution >= 0.6 is 23.2 Å². The normalized spacial score (nSPS) is 18.0. The first-order valence-corrected chi connectivity index (χ1v) is 10.5. The molecule has 0 spiro atoms. The van der Waals surface area contributed by atoms with Gasteiger partial charge in [0.25, 0.3) is 0 Å². The molecule has 4 rings (SSSR count). The minimum absolute atomic E-state index is 0.311. The summed E-state index contributed by atoms with van der Waals surface area (Å²) in [5.74, 6) is 0.311. The summed E-state index contributed by atoms with van der Waals surface area (Å²) < 4.78 is 2.29. The van der Waals surface area contributed by atoms with Gasteiger partial charge in [0.15, 0.2) is 5.78 Å². The molecule has 0 N–H and O–H groups in total.